The molecule has 0 aromatic heterocycles. The van der Waals surface area contributed by atoms with E-state index in [4.69, 9.17) is 14.6 Å². The van der Waals surface area contributed by atoms with Crippen molar-refractivity contribution in [2.45, 2.75) is 65.2 Å². The summed E-state index contributed by atoms with van der Waals surface area (Å²) in [5.41, 5.74) is 0. The minimum absolute atomic E-state index is 0.0939. The molecule has 0 aliphatic carbocycles. The summed E-state index contributed by atoms with van der Waals surface area (Å²) >= 11 is 0. The van der Waals surface area contributed by atoms with Crippen molar-refractivity contribution >= 4 is 0 Å². The summed E-state index contributed by atoms with van der Waals surface area (Å²) in [6.07, 6.45) is 10.6. The number of hydrogen-bond donors (Lipinski definition) is 1. The van der Waals surface area contributed by atoms with Crippen molar-refractivity contribution in [2.24, 2.45) is 5.92 Å². The van der Waals surface area contributed by atoms with Crippen molar-refractivity contribution < 1.29 is 14.6 Å². The van der Waals surface area contributed by atoms with Crippen molar-refractivity contribution in [3.63, 3.8) is 0 Å². The zero-order valence-corrected chi connectivity index (χ0v) is 13.0. The molecule has 0 aromatic rings. The SMILES string of the molecule is CCCCC(CC)CCCCCOCCOCCO. The quantitative estimate of drug-likeness (QED) is 0.462. The maximum atomic E-state index is 8.52. The molecule has 0 bridgehead atoms. The summed E-state index contributed by atoms with van der Waals surface area (Å²) in [6.45, 7) is 7.18. The predicted octanol–water partition coefficient (Wildman–Crippen LogP) is 3.79. The molecule has 0 heterocycles. The van der Waals surface area contributed by atoms with E-state index in [1.54, 1.807) is 0 Å². The second-order valence-electron chi connectivity index (χ2n) is 5.21. The number of hydrogen-bond acceptors (Lipinski definition) is 3. The van der Waals surface area contributed by atoms with Crippen molar-refractivity contribution in [3.05, 3.63) is 0 Å². The third-order valence-corrected chi connectivity index (χ3v) is 3.55. The van der Waals surface area contributed by atoms with Crippen molar-refractivity contribution in [1.82, 2.24) is 0 Å². The second kappa shape index (κ2) is 15.9. The van der Waals surface area contributed by atoms with Crippen molar-refractivity contribution in [1.29, 1.82) is 0 Å². The average Bonchev–Trinajstić information content (AvgIpc) is 2.44. The van der Waals surface area contributed by atoms with Crippen molar-refractivity contribution in [2.75, 3.05) is 33.0 Å². The molecule has 1 N–H and O–H groups in total. The fourth-order valence-electron chi connectivity index (χ4n) is 2.25. The first-order chi connectivity index (χ1) is 9.35. The molecule has 0 aliphatic rings. The lowest BCUT2D eigenvalue weighted by molar-refractivity contribution is 0.0320. The molecule has 19 heavy (non-hydrogen) atoms. The highest BCUT2D eigenvalue weighted by molar-refractivity contribution is 4.57. The molecule has 116 valence electrons. The third-order valence-electron chi connectivity index (χ3n) is 3.55. The molecule has 0 spiro atoms. The first-order valence-corrected chi connectivity index (χ1v) is 8.11. The fourth-order valence-corrected chi connectivity index (χ4v) is 2.25. The van der Waals surface area contributed by atoms with Crippen LogP contribution < -0.4 is 0 Å². The molecule has 1 atom stereocenters. The van der Waals surface area contributed by atoms with Crippen LogP contribution in [0.25, 0.3) is 0 Å². The minimum Gasteiger partial charge on any atom is -0.394 e. The highest BCUT2D eigenvalue weighted by Crippen LogP contribution is 2.19. The lowest BCUT2D eigenvalue weighted by atomic mass is 9.93. The molecule has 0 aliphatic heterocycles. The van der Waals surface area contributed by atoms with E-state index in [0.717, 1.165) is 18.9 Å². The van der Waals surface area contributed by atoms with E-state index in [0.29, 0.717) is 19.8 Å². The zero-order chi connectivity index (χ0) is 14.2. The second-order valence-corrected chi connectivity index (χ2v) is 5.21. The standard InChI is InChI=1S/C16H34O3/c1-3-5-9-16(4-2)10-7-6-8-12-18-14-15-19-13-11-17/h16-17H,3-15H2,1-2H3. The van der Waals surface area contributed by atoms with Crippen LogP contribution in [0.5, 0.6) is 0 Å². The Labute approximate surface area is 119 Å². The Balaban J connectivity index is 3.16. The highest BCUT2D eigenvalue weighted by atomic mass is 16.5. The number of ether oxygens (including phenoxy) is 2. The first-order valence-electron chi connectivity index (χ1n) is 8.11. The summed E-state index contributed by atoms with van der Waals surface area (Å²) in [7, 11) is 0. The van der Waals surface area contributed by atoms with E-state index in [-0.39, 0.29) is 6.61 Å². The maximum absolute atomic E-state index is 8.52. The van der Waals surface area contributed by atoms with Gasteiger partial charge in [-0.25, -0.2) is 0 Å². The Kier molecular flexibility index (Phi) is 15.8. The lowest BCUT2D eigenvalue weighted by Crippen LogP contribution is -2.08. The summed E-state index contributed by atoms with van der Waals surface area (Å²) in [4.78, 5) is 0. The molecule has 0 aromatic carbocycles. The Morgan fingerprint density at radius 1 is 0.789 bits per heavy atom. The molecule has 0 radical (unpaired) electrons. The van der Waals surface area contributed by atoms with Gasteiger partial charge in [0.25, 0.3) is 0 Å². The maximum Gasteiger partial charge on any atom is 0.0701 e. The Hall–Kier alpha value is -0.120. The summed E-state index contributed by atoms with van der Waals surface area (Å²) < 4.78 is 10.6. The van der Waals surface area contributed by atoms with Crippen LogP contribution in [0.4, 0.5) is 0 Å². The van der Waals surface area contributed by atoms with E-state index in [2.05, 4.69) is 13.8 Å². The van der Waals surface area contributed by atoms with Gasteiger partial charge in [-0.05, 0) is 12.3 Å². The molecule has 0 amide bonds. The van der Waals surface area contributed by atoms with Crippen molar-refractivity contribution in [3.8, 4) is 0 Å². The van der Waals surface area contributed by atoms with Gasteiger partial charge in [0.1, 0.15) is 0 Å². The summed E-state index contributed by atoms with van der Waals surface area (Å²) in [5.74, 6) is 0.938. The molecule has 0 fully saturated rings. The van der Waals surface area contributed by atoms with Gasteiger partial charge in [0.15, 0.2) is 0 Å². The average molecular weight is 274 g/mol. The van der Waals surface area contributed by atoms with Crippen LogP contribution in [0, 0.1) is 5.92 Å². The Morgan fingerprint density at radius 3 is 2.11 bits per heavy atom. The molecule has 0 saturated heterocycles. The van der Waals surface area contributed by atoms with Gasteiger partial charge in [0.05, 0.1) is 26.4 Å². The van der Waals surface area contributed by atoms with E-state index in [1.807, 2.05) is 0 Å². The normalized spacial score (nSPS) is 12.8. The first kappa shape index (κ1) is 18.9. The number of aliphatic hydroxyl groups excluding tert-OH is 1. The Morgan fingerprint density at radius 2 is 1.47 bits per heavy atom. The number of rotatable bonds is 15. The van der Waals surface area contributed by atoms with Gasteiger partial charge in [-0.1, -0.05) is 58.8 Å². The summed E-state index contributed by atoms with van der Waals surface area (Å²) in [5, 5.41) is 8.52. The fraction of sp³-hybridized carbons (Fsp3) is 1.00. The van der Waals surface area contributed by atoms with Crippen LogP contribution in [0.3, 0.4) is 0 Å². The third kappa shape index (κ3) is 14.1. The van der Waals surface area contributed by atoms with Gasteiger partial charge in [-0.2, -0.15) is 0 Å². The van der Waals surface area contributed by atoms with E-state index in [9.17, 15) is 0 Å². The van der Waals surface area contributed by atoms with E-state index in [1.165, 1.54) is 44.9 Å². The highest BCUT2D eigenvalue weighted by Gasteiger charge is 2.04. The van der Waals surface area contributed by atoms with E-state index >= 15 is 0 Å². The van der Waals surface area contributed by atoms with Gasteiger partial charge in [-0.15, -0.1) is 0 Å². The van der Waals surface area contributed by atoms with Crippen LogP contribution in [-0.4, -0.2) is 38.1 Å². The van der Waals surface area contributed by atoms with Gasteiger partial charge in [-0.3, -0.25) is 0 Å². The van der Waals surface area contributed by atoms with Gasteiger partial charge in [0.2, 0.25) is 0 Å². The zero-order valence-electron chi connectivity index (χ0n) is 13.0. The van der Waals surface area contributed by atoms with Crippen LogP contribution in [0.1, 0.15) is 65.2 Å². The van der Waals surface area contributed by atoms with Crippen LogP contribution in [-0.2, 0) is 9.47 Å². The molecule has 3 nitrogen and oxygen atoms in total. The monoisotopic (exact) mass is 274 g/mol. The lowest BCUT2D eigenvalue weighted by Gasteiger charge is -2.13. The minimum atomic E-state index is 0.0939. The van der Waals surface area contributed by atoms with Crippen LogP contribution in [0.2, 0.25) is 0 Å². The van der Waals surface area contributed by atoms with Crippen LogP contribution in [0.15, 0.2) is 0 Å². The van der Waals surface area contributed by atoms with Gasteiger partial charge >= 0.3 is 0 Å². The van der Waals surface area contributed by atoms with Gasteiger partial charge in [0, 0.05) is 6.61 Å². The molecule has 3 heteroatoms. The summed E-state index contributed by atoms with van der Waals surface area (Å²) in [6, 6.07) is 0. The topological polar surface area (TPSA) is 38.7 Å². The van der Waals surface area contributed by atoms with Gasteiger partial charge < -0.3 is 14.6 Å². The molecular weight excluding hydrogens is 240 g/mol. The molecular formula is C16H34O3. The number of aliphatic hydroxyl groups is 1. The molecule has 0 saturated carbocycles. The Bertz CT molecular complexity index is 162. The van der Waals surface area contributed by atoms with Crippen LogP contribution >= 0.6 is 0 Å². The predicted molar refractivity (Wildman–Crippen MR) is 80.5 cm³/mol. The largest absolute Gasteiger partial charge is 0.394 e. The molecule has 0 rings (SSSR count). The molecule has 1 unspecified atom stereocenters. The number of unbranched alkanes of at least 4 members (excludes halogenated alkanes) is 3. The van der Waals surface area contributed by atoms with E-state index < -0.39 is 0 Å². The smallest absolute Gasteiger partial charge is 0.0701 e.